The number of rotatable bonds is 3. The van der Waals surface area contributed by atoms with Crippen LogP contribution in [0.5, 0.6) is 0 Å². The van der Waals surface area contributed by atoms with Crippen LogP contribution >= 0.6 is 15.9 Å². The third-order valence-electron chi connectivity index (χ3n) is 2.82. The van der Waals surface area contributed by atoms with Gasteiger partial charge in [0.2, 0.25) is 0 Å². The monoisotopic (exact) mass is 286 g/mol. The van der Waals surface area contributed by atoms with Gasteiger partial charge in [-0.05, 0) is 41.8 Å². The Morgan fingerprint density at radius 3 is 3.12 bits per heavy atom. The molecular weight excluding hydrogens is 272 g/mol. The minimum atomic E-state index is -0.195. The molecule has 0 spiro atoms. The van der Waals surface area contributed by atoms with Crippen LogP contribution in [0, 0.1) is 0 Å². The number of aromatic nitrogens is 1. The molecular formula is C11H15BrN2O2. The predicted octanol–water partition coefficient (Wildman–Crippen LogP) is 2.08. The smallest absolute Gasteiger partial charge is 0.267 e. The van der Waals surface area contributed by atoms with E-state index in [1.165, 1.54) is 0 Å². The van der Waals surface area contributed by atoms with E-state index >= 15 is 0 Å². The topological polar surface area (TPSA) is 54.1 Å². The second-order valence-corrected chi connectivity index (χ2v) is 5.23. The zero-order valence-corrected chi connectivity index (χ0v) is 10.8. The van der Waals surface area contributed by atoms with Gasteiger partial charge in [0.1, 0.15) is 5.69 Å². The number of ether oxygens (including phenoxy) is 1. The summed E-state index contributed by atoms with van der Waals surface area (Å²) in [5.74, 6) is -0.0950. The molecule has 0 aliphatic carbocycles. The fourth-order valence-electron chi connectivity index (χ4n) is 1.84. The van der Waals surface area contributed by atoms with Crippen molar-refractivity contribution < 1.29 is 9.53 Å². The number of nitrogens with one attached hydrogen (secondary N) is 2. The number of aromatic amines is 1. The van der Waals surface area contributed by atoms with Crippen molar-refractivity contribution in [3.8, 4) is 0 Å². The van der Waals surface area contributed by atoms with E-state index in [9.17, 15) is 4.79 Å². The van der Waals surface area contributed by atoms with E-state index in [4.69, 9.17) is 4.74 Å². The number of hydrogen-bond acceptors (Lipinski definition) is 2. The summed E-state index contributed by atoms with van der Waals surface area (Å²) in [6.07, 6.45) is 3.81. The minimum absolute atomic E-state index is 0.0950. The Bertz CT molecular complexity index is 383. The number of halogens is 1. The second-order valence-electron chi connectivity index (χ2n) is 4.32. The van der Waals surface area contributed by atoms with E-state index in [-0.39, 0.29) is 11.5 Å². The van der Waals surface area contributed by atoms with Crippen LogP contribution in [0.2, 0.25) is 0 Å². The first kappa shape index (κ1) is 11.7. The fraction of sp³-hybridized carbons (Fsp3) is 0.545. The summed E-state index contributed by atoms with van der Waals surface area (Å²) in [5.41, 5.74) is 0.368. The SMILES string of the molecule is CC1(CNC(=O)c2cc(Br)c[nH]2)CCCO1. The molecule has 5 heteroatoms. The van der Waals surface area contributed by atoms with E-state index in [1.54, 1.807) is 12.3 Å². The minimum Gasteiger partial charge on any atom is -0.373 e. The van der Waals surface area contributed by atoms with Crippen molar-refractivity contribution in [1.29, 1.82) is 0 Å². The molecule has 2 heterocycles. The third-order valence-corrected chi connectivity index (χ3v) is 3.27. The van der Waals surface area contributed by atoms with Gasteiger partial charge in [0, 0.05) is 23.8 Å². The lowest BCUT2D eigenvalue weighted by Gasteiger charge is -2.23. The van der Waals surface area contributed by atoms with Crippen LogP contribution in [0.3, 0.4) is 0 Å². The lowest BCUT2D eigenvalue weighted by Crippen LogP contribution is -2.40. The molecule has 4 nitrogen and oxygen atoms in total. The van der Waals surface area contributed by atoms with Gasteiger partial charge in [-0.1, -0.05) is 0 Å². The first-order valence-electron chi connectivity index (χ1n) is 5.35. The summed E-state index contributed by atoms with van der Waals surface area (Å²) in [6.45, 7) is 3.38. The van der Waals surface area contributed by atoms with Crippen molar-refractivity contribution in [2.75, 3.05) is 13.2 Å². The Morgan fingerprint density at radius 2 is 2.56 bits per heavy atom. The van der Waals surface area contributed by atoms with E-state index in [0.29, 0.717) is 12.2 Å². The van der Waals surface area contributed by atoms with Crippen LogP contribution in [-0.4, -0.2) is 29.6 Å². The van der Waals surface area contributed by atoms with Crippen LogP contribution in [0.25, 0.3) is 0 Å². The second kappa shape index (κ2) is 4.59. The average Bonchev–Trinajstić information content (AvgIpc) is 2.85. The van der Waals surface area contributed by atoms with Gasteiger partial charge < -0.3 is 15.0 Å². The molecule has 1 atom stereocenters. The lowest BCUT2D eigenvalue weighted by atomic mass is 10.0. The quantitative estimate of drug-likeness (QED) is 0.894. The molecule has 0 bridgehead atoms. The summed E-state index contributed by atoms with van der Waals surface area (Å²) < 4.78 is 6.47. The Hall–Kier alpha value is -0.810. The third kappa shape index (κ3) is 2.65. The number of amides is 1. The van der Waals surface area contributed by atoms with Gasteiger partial charge in [0.25, 0.3) is 5.91 Å². The maximum Gasteiger partial charge on any atom is 0.267 e. The zero-order valence-electron chi connectivity index (χ0n) is 9.18. The maximum atomic E-state index is 11.7. The normalized spacial score (nSPS) is 24.6. The first-order chi connectivity index (χ1) is 7.59. The van der Waals surface area contributed by atoms with Crippen LogP contribution in [0.4, 0.5) is 0 Å². The number of H-pyrrole nitrogens is 1. The summed E-state index contributed by atoms with van der Waals surface area (Å²) in [6, 6.07) is 1.76. The highest BCUT2D eigenvalue weighted by molar-refractivity contribution is 9.10. The van der Waals surface area contributed by atoms with Gasteiger partial charge in [0.15, 0.2) is 0 Å². The largest absolute Gasteiger partial charge is 0.373 e. The summed E-state index contributed by atoms with van der Waals surface area (Å²) in [4.78, 5) is 14.6. The summed E-state index contributed by atoms with van der Waals surface area (Å²) in [7, 11) is 0. The average molecular weight is 287 g/mol. The molecule has 1 aromatic heterocycles. The Kier molecular flexibility index (Phi) is 3.35. The van der Waals surface area contributed by atoms with Crippen LogP contribution < -0.4 is 5.32 Å². The molecule has 1 saturated heterocycles. The Labute approximate surface area is 103 Å². The van der Waals surface area contributed by atoms with Gasteiger partial charge in [-0.2, -0.15) is 0 Å². The number of carbonyl (C=O) groups excluding carboxylic acids is 1. The molecule has 2 N–H and O–H groups in total. The molecule has 0 saturated carbocycles. The van der Waals surface area contributed by atoms with Gasteiger partial charge in [0.05, 0.1) is 5.60 Å². The standard InChI is InChI=1S/C11H15BrN2O2/c1-11(3-2-4-16-11)7-14-10(15)9-5-8(12)6-13-9/h5-6,13H,2-4,7H2,1H3,(H,14,15). The molecule has 1 amide bonds. The van der Waals surface area contributed by atoms with Crippen molar-refractivity contribution in [2.24, 2.45) is 0 Å². The first-order valence-corrected chi connectivity index (χ1v) is 6.14. The zero-order chi connectivity index (χ0) is 11.6. The molecule has 1 aliphatic heterocycles. The Balaban J connectivity index is 1.88. The van der Waals surface area contributed by atoms with Crippen molar-refractivity contribution >= 4 is 21.8 Å². The van der Waals surface area contributed by atoms with Crippen molar-refractivity contribution in [3.05, 3.63) is 22.4 Å². The molecule has 1 aliphatic rings. The van der Waals surface area contributed by atoms with E-state index < -0.39 is 0 Å². The molecule has 1 fully saturated rings. The molecule has 1 aromatic rings. The molecule has 88 valence electrons. The highest BCUT2D eigenvalue weighted by atomic mass is 79.9. The van der Waals surface area contributed by atoms with Crippen LogP contribution in [0.15, 0.2) is 16.7 Å². The van der Waals surface area contributed by atoms with Crippen LogP contribution in [0.1, 0.15) is 30.3 Å². The highest BCUT2D eigenvalue weighted by Crippen LogP contribution is 2.24. The molecule has 16 heavy (non-hydrogen) atoms. The summed E-state index contributed by atoms with van der Waals surface area (Å²) >= 11 is 3.29. The molecule has 0 radical (unpaired) electrons. The van der Waals surface area contributed by atoms with Crippen molar-refractivity contribution in [3.63, 3.8) is 0 Å². The molecule has 0 aromatic carbocycles. The van der Waals surface area contributed by atoms with Crippen molar-refractivity contribution in [2.45, 2.75) is 25.4 Å². The predicted molar refractivity (Wildman–Crippen MR) is 64.4 cm³/mol. The summed E-state index contributed by atoms with van der Waals surface area (Å²) in [5, 5.41) is 2.88. The molecule has 1 unspecified atom stereocenters. The fourth-order valence-corrected chi connectivity index (χ4v) is 2.18. The van der Waals surface area contributed by atoms with E-state index in [2.05, 4.69) is 26.2 Å². The van der Waals surface area contributed by atoms with Gasteiger partial charge in [-0.25, -0.2) is 0 Å². The van der Waals surface area contributed by atoms with Gasteiger partial charge >= 0.3 is 0 Å². The number of carbonyl (C=O) groups is 1. The van der Waals surface area contributed by atoms with E-state index in [1.807, 2.05) is 6.92 Å². The Morgan fingerprint density at radius 1 is 1.75 bits per heavy atom. The van der Waals surface area contributed by atoms with Crippen LogP contribution in [-0.2, 0) is 4.74 Å². The molecule has 2 rings (SSSR count). The highest BCUT2D eigenvalue weighted by Gasteiger charge is 2.30. The maximum absolute atomic E-state index is 11.7. The van der Waals surface area contributed by atoms with Crippen molar-refractivity contribution in [1.82, 2.24) is 10.3 Å². The van der Waals surface area contributed by atoms with Gasteiger partial charge in [-0.3, -0.25) is 4.79 Å². The lowest BCUT2D eigenvalue weighted by molar-refractivity contribution is 0.0205. The van der Waals surface area contributed by atoms with E-state index in [0.717, 1.165) is 23.9 Å². The number of hydrogen-bond donors (Lipinski definition) is 2. The van der Waals surface area contributed by atoms with Gasteiger partial charge in [-0.15, -0.1) is 0 Å².